The summed E-state index contributed by atoms with van der Waals surface area (Å²) in [4.78, 5) is 13.8. The van der Waals surface area contributed by atoms with E-state index in [-0.39, 0.29) is 23.5 Å². The Morgan fingerprint density at radius 2 is 2.11 bits per heavy atom. The molecule has 110 valence electrons. The van der Waals surface area contributed by atoms with Crippen molar-refractivity contribution < 1.29 is 17.9 Å². The fourth-order valence-electron chi connectivity index (χ4n) is 3.07. The molecule has 1 saturated carbocycles. The van der Waals surface area contributed by atoms with Crippen molar-refractivity contribution in [3.05, 3.63) is 0 Å². The molecule has 2 fully saturated rings. The Morgan fingerprint density at radius 3 is 2.79 bits per heavy atom. The number of hydrogen-bond donors (Lipinski definition) is 1. The molecule has 0 radical (unpaired) electrons. The van der Waals surface area contributed by atoms with Gasteiger partial charge in [0.2, 0.25) is 0 Å². The molecule has 1 aliphatic carbocycles. The Labute approximate surface area is 114 Å². The third kappa shape index (κ3) is 3.27. The van der Waals surface area contributed by atoms with Crippen molar-refractivity contribution in [2.24, 2.45) is 5.73 Å². The quantitative estimate of drug-likeness (QED) is 0.692. The zero-order valence-electron chi connectivity index (χ0n) is 11.3. The number of methoxy groups -OCH3 is 1. The molecule has 0 spiro atoms. The summed E-state index contributed by atoms with van der Waals surface area (Å²) in [6.07, 6.45) is 2.65. The zero-order valence-corrected chi connectivity index (χ0v) is 12.1. The molecule has 7 heteroatoms. The van der Waals surface area contributed by atoms with E-state index in [1.165, 1.54) is 7.11 Å². The zero-order chi connectivity index (χ0) is 14.1. The summed E-state index contributed by atoms with van der Waals surface area (Å²) in [5.74, 6) is 0.109. The summed E-state index contributed by atoms with van der Waals surface area (Å²) in [6, 6.07) is 0.192. The van der Waals surface area contributed by atoms with Gasteiger partial charge in [-0.2, -0.15) is 0 Å². The number of hydrogen-bond acceptors (Lipinski definition) is 6. The van der Waals surface area contributed by atoms with Gasteiger partial charge in [-0.25, -0.2) is 8.42 Å². The van der Waals surface area contributed by atoms with Gasteiger partial charge in [0, 0.05) is 12.6 Å². The first-order valence-corrected chi connectivity index (χ1v) is 8.50. The largest absolute Gasteiger partial charge is 0.468 e. The van der Waals surface area contributed by atoms with Crippen LogP contribution in [-0.2, 0) is 19.4 Å². The van der Waals surface area contributed by atoms with Crippen molar-refractivity contribution in [1.29, 1.82) is 0 Å². The topological polar surface area (TPSA) is 89.7 Å². The van der Waals surface area contributed by atoms with Crippen molar-refractivity contribution in [3.63, 3.8) is 0 Å². The minimum atomic E-state index is -2.90. The normalized spacial score (nSPS) is 35.8. The number of nitrogens with zero attached hydrogens (tertiary/aromatic N) is 1. The number of rotatable bonds is 2. The first-order valence-electron chi connectivity index (χ1n) is 6.68. The van der Waals surface area contributed by atoms with Gasteiger partial charge in [0.25, 0.3) is 0 Å². The summed E-state index contributed by atoms with van der Waals surface area (Å²) < 4.78 is 27.9. The van der Waals surface area contributed by atoms with Crippen LogP contribution in [0, 0.1) is 0 Å². The molecule has 0 aromatic rings. The number of ether oxygens (including phenoxy) is 1. The van der Waals surface area contributed by atoms with Crippen LogP contribution in [0.1, 0.15) is 25.7 Å². The fraction of sp³-hybridized carbons (Fsp3) is 0.917. The SMILES string of the molecule is COC(=O)C1(N)CCC(N2CCCS(=O)(=O)CC2)C1. The van der Waals surface area contributed by atoms with E-state index in [1.54, 1.807) is 0 Å². The van der Waals surface area contributed by atoms with Crippen molar-refractivity contribution in [1.82, 2.24) is 4.90 Å². The number of esters is 1. The molecule has 0 aromatic carbocycles. The number of nitrogens with two attached hydrogens (primary N) is 1. The molecule has 0 bridgehead atoms. The summed E-state index contributed by atoms with van der Waals surface area (Å²) in [6.45, 7) is 1.31. The molecule has 2 aliphatic rings. The van der Waals surface area contributed by atoms with E-state index >= 15 is 0 Å². The highest BCUT2D eigenvalue weighted by Crippen LogP contribution is 2.32. The van der Waals surface area contributed by atoms with Crippen molar-refractivity contribution >= 4 is 15.8 Å². The van der Waals surface area contributed by atoms with Crippen LogP contribution in [0.2, 0.25) is 0 Å². The van der Waals surface area contributed by atoms with Crippen LogP contribution in [0.5, 0.6) is 0 Å². The predicted octanol–water partition coefficient (Wildman–Crippen LogP) is -0.470. The molecular formula is C12H22N2O4S. The van der Waals surface area contributed by atoms with Crippen molar-refractivity contribution in [2.45, 2.75) is 37.3 Å². The highest BCUT2D eigenvalue weighted by molar-refractivity contribution is 7.91. The van der Waals surface area contributed by atoms with Gasteiger partial charge >= 0.3 is 5.97 Å². The summed E-state index contributed by atoms with van der Waals surface area (Å²) in [5, 5.41) is 0. The first kappa shape index (κ1) is 14.7. The highest BCUT2D eigenvalue weighted by Gasteiger charge is 2.45. The van der Waals surface area contributed by atoms with Crippen LogP contribution in [0.3, 0.4) is 0 Å². The number of carbonyl (C=O) groups is 1. The van der Waals surface area contributed by atoms with Gasteiger partial charge in [-0.05, 0) is 32.2 Å². The first-order chi connectivity index (χ1) is 8.86. The Morgan fingerprint density at radius 1 is 1.37 bits per heavy atom. The Balaban J connectivity index is 1.99. The lowest BCUT2D eigenvalue weighted by Gasteiger charge is -2.28. The van der Waals surface area contributed by atoms with Gasteiger partial charge in [0.05, 0.1) is 18.6 Å². The molecule has 1 heterocycles. The van der Waals surface area contributed by atoms with Crippen molar-refractivity contribution in [2.75, 3.05) is 31.7 Å². The fourth-order valence-corrected chi connectivity index (χ4v) is 4.36. The molecule has 0 aromatic heterocycles. The molecular weight excluding hydrogens is 268 g/mol. The molecule has 1 saturated heterocycles. The Hall–Kier alpha value is -0.660. The number of sulfone groups is 1. The second-order valence-corrected chi connectivity index (χ2v) is 7.89. The van der Waals surface area contributed by atoms with Crippen LogP contribution >= 0.6 is 0 Å². The molecule has 0 amide bonds. The lowest BCUT2D eigenvalue weighted by atomic mass is 9.99. The van der Waals surface area contributed by atoms with E-state index < -0.39 is 15.4 Å². The highest BCUT2D eigenvalue weighted by atomic mass is 32.2. The van der Waals surface area contributed by atoms with Crippen LogP contribution in [0.15, 0.2) is 0 Å². The van der Waals surface area contributed by atoms with Gasteiger partial charge in [0.15, 0.2) is 9.84 Å². The van der Waals surface area contributed by atoms with E-state index in [0.717, 1.165) is 13.0 Å². The lowest BCUT2D eigenvalue weighted by molar-refractivity contribution is -0.147. The van der Waals surface area contributed by atoms with Crippen LogP contribution in [0.4, 0.5) is 0 Å². The van der Waals surface area contributed by atoms with Crippen molar-refractivity contribution in [3.8, 4) is 0 Å². The summed E-state index contributed by atoms with van der Waals surface area (Å²) >= 11 is 0. The van der Waals surface area contributed by atoms with Crippen LogP contribution < -0.4 is 5.73 Å². The van der Waals surface area contributed by atoms with Gasteiger partial charge in [0.1, 0.15) is 5.54 Å². The van der Waals surface area contributed by atoms with Crippen LogP contribution in [-0.4, -0.2) is 62.6 Å². The monoisotopic (exact) mass is 290 g/mol. The van der Waals surface area contributed by atoms with E-state index in [1.807, 2.05) is 0 Å². The van der Waals surface area contributed by atoms with Gasteiger partial charge in [-0.15, -0.1) is 0 Å². The molecule has 6 nitrogen and oxygen atoms in total. The molecule has 1 aliphatic heterocycles. The second-order valence-electron chi connectivity index (χ2n) is 5.59. The van der Waals surface area contributed by atoms with Gasteiger partial charge < -0.3 is 10.5 Å². The lowest BCUT2D eigenvalue weighted by Crippen LogP contribution is -2.48. The average Bonchev–Trinajstić information content (AvgIpc) is 2.66. The maximum absolute atomic E-state index is 11.7. The minimum Gasteiger partial charge on any atom is -0.468 e. The summed E-state index contributed by atoms with van der Waals surface area (Å²) in [5.41, 5.74) is 5.18. The van der Waals surface area contributed by atoms with Gasteiger partial charge in [-0.1, -0.05) is 0 Å². The standard InChI is InChI=1S/C12H22N2O4S/c1-18-11(15)12(13)4-3-10(9-12)14-5-2-7-19(16,17)8-6-14/h10H,2-9,13H2,1H3. The predicted molar refractivity (Wildman–Crippen MR) is 71.4 cm³/mol. The second kappa shape index (κ2) is 5.38. The van der Waals surface area contributed by atoms with E-state index in [2.05, 4.69) is 4.90 Å². The number of carbonyl (C=O) groups excluding carboxylic acids is 1. The molecule has 2 N–H and O–H groups in total. The van der Waals surface area contributed by atoms with E-state index in [0.29, 0.717) is 25.8 Å². The third-order valence-corrected chi connectivity index (χ3v) is 5.94. The van der Waals surface area contributed by atoms with Gasteiger partial charge in [-0.3, -0.25) is 9.69 Å². The van der Waals surface area contributed by atoms with E-state index in [9.17, 15) is 13.2 Å². The smallest absolute Gasteiger partial charge is 0.325 e. The Kier molecular flexibility index (Phi) is 4.17. The molecule has 2 unspecified atom stereocenters. The third-order valence-electron chi connectivity index (χ3n) is 4.22. The molecule has 2 rings (SSSR count). The van der Waals surface area contributed by atoms with Crippen LogP contribution in [0.25, 0.3) is 0 Å². The maximum atomic E-state index is 11.7. The summed E-state index contributed by atoms with van der Waals surface area (Å²) in [7, 11) is -1.55. The Bertz CT molecular complexity index is 451. The minimum absolute atomic E-state index is 0.192. The molecule has 19 heavy (non-hydrogen) atoms. The maximum Gasteiger partial charge on any atom is 0.325 e. The average molecular weight is 290 g/mol. The van der Waals surface area contributed by atoms with E-state index in [4.69, 9.17) is 10.5 Å². The molecule has 2 atom stereocenters.